The molecule has 0 aromatic heterocycles. The number of ether oxygens (including phenoxy) is 2. The van der Waals surface area contributed by atoms with Crippen molar-refractivity contribution < 1.29 is 19.1 Å². The van der Waals surface area contributed by atoms with E-state index >= 15 is 0 Å². The Hall–Kier alpha value is -1.36. The van der Waals surface area contributed by atoms with Gasteiger partial charge in [0.2, 0.25) is 0 Å². The van der Waals surface area contributed by atoms with Gasteiger partial charge >= 0.3 is 11.9 Å². The number of hydrogen-bond acceptors (Lipinski definition) is 5. The van der Waals surface area contributed by atoms with Crippen molar-refractivity contribution in [2.45, 2.75) is 239 Å². The maximum Gasteiger partial charge on any atom is 0.306 e. The van der Waals surface area contributed by atoms with Gasteiger partial charge in [0, 0.05) is 12.8 Å². The van der Waals surface area contributed by atoms with E-state index < -0.39 is 0 Å². The number of carbonyl (C=O) groups is 2. The molecule has 0 heterocycles. The number of unbranched alkanes of at least 4 members (excludes halogenated alkanes) is 22. The Morgan fingerprint density at radius 2 is 0.900 bits per heavy atom. The predicted molar refractivity (Wildman–Crippen MR) is 217 cm³/mol. The molecule has 5 nitrogen and oxygen atoms in total. The minimum atomic E-state index is -0.0547. The van der Waals surface area contributed by atoms with Crippen LogP contribution in [0.25, 0.3) is 0 Å². The number of hydrogen-bond donors (Lipinski definition) is 0. The highest BCUT2D eigenvalue weighted by molar-refractivity contribution is 5.69. The molecule has 0 saturated carbocycles. The van der Waals surface area contributed by atoms with Crippen LogP contribution in [-0.2, 0) is 19.1 Å². The Bertz CT molecular complexity index is 723. The van der Waals surface area contributed by atoms with Gasteiger partial charge in [-0.25, -0.2) is 0 Å². The maximum atomic E-state index is 12.7. The fourth-order valence-electron chi connectivity index (χ4n) is 6.82. The van der Waals surface area contributed by atoms with Crippen LogP contribution in [0.5, 0.6) is 0 Å². The molecule has 0 fully saturated rings. The van der Waals surface area contributed by atoms with Gasteiger partial charge in [0.05, 0.1) is 0 Å². The van der Waals surface area contributed by atoms with Gasteiger partial charge in [0.1, 0.15) is 12.7 Å². The molecule has 50 heavy (non-hydrogen) atoms. The van der Waals surface area contributed by atoms with E-state index in [0.29, 0.717) is 19.4 Å². The van der Waals surface area contributed by atoms with Crippen molar-refractivity contribution in [3.05, 3.63) is 12.2 Å². The van der Waals surface area contributed by atoms with E-state index in [-0.39, 0.29) is 18.0 Å². The molecule has 0 aromatic carbocycles. The summed E-state index contributed by atoms with van der Waals surface area (Å²) in [6, 6.07) is 0. The Morgan fingerprint density at radius 1 is 0.460 bits per heavy atom. The van der Waals surface area contributed by atoms with Crippen LogP contribution in [0.1, 0.15) is 233 Å². The Kier molecular flexibility index (Phi) is 39.3. The van der Waals surface area contributed by atoms with E-state index in [1.54, 1.807) is 0 Å². The lowest BCUT2D eigenvalue weighted by Gasteiger charge is -2.21. The van der Waals surface area contributed by atoms with Crippen LogP contribution < -0.4 is 0 Å². The van der Waals surface area contributed by atoms with Crippen molar-refractivity contribution in [2.75, 3.05) is 26.2 Å². The molecule has 296 valence electrons. The van der Waals surface area contributed by atoms with Gasteiger partial charge in [-0.2, -0.15) is 0 Å². The number of esters is 2. The smallest absolute Gasteiger partial charge is 0.306 e. The highest BCUT2D eigenvalue weighted by Gasteiger charge is 2.14. The molecular weight excluding hydrogens is 618 g/mol. The number of rotatable bonds is 40. The zero-order valence-corrected chi connectivity index (χ0v) is 34.3. The third-order valence-corrected chi connectivity index (χ3v) is 10.0. The lowest BCUT2D eigenvalue weighted by Crippen LogP contribution is -2.27. The third kappa shape index (κ3) is 36.4. The van der Waals surface area contributed by atoms with Gasteiger partial charge in [-0.3, -0.25) is 9.59 Å². The first-order valence-corrected chi connectivity index (χ1v) is 22.3. The quantitative estimate of drug-likeness (QED) is 0.0361. The molecule has 0 radical (unpaired) electrons. The van der Waals surface area contributed by atoms with E-state index in [1.165, 1.54) is 167 Å². The average Bonchev–Trinajstić information content (AvgIpc) is 3.11. The molecule has 0 saturated heterocycles. The average molecular weight is 706 g/mol. The van der Waals surface area contributed by atoms with Crippen LogP contribution in [-0.4, -0.2) is 49.2 Å². The molecule has 0 rings (SSSR count). The van der Waals surface area contributed by atoms with E-state index in [4.69, 9.17) is 9.47 Å². The fourth-order valence-corrected chi connectivity index (χ4v) is 6.82. The number of allylic oxidation sites excluding steroid dienone is 1. The van der Waals surface area contributed by atoms with Gasteiger partial charge in [-0.15, -0.1) is 0 Å². The highest BCUT2D eigenvalue weighted by atomic mass is 16.5. The SMILES string of the molecule is CCCCCC/C=C\COC(=O)CCCCCCCN(CCC)CCCCCCCC(=O)OC(CCCCCCCC)CCCCCCCC. The van der Waals surface area contributed by atoms with E-state index in [0.717, 1.165) is 44.9 Å². The van der Waals surface area contributed by atoms with Crippen molar-refractivity contribution in [1.82, 2.24) is 4.90 Å². The fraction of sp³-hybridized carbons (Fsp3) is 0.911. The molecule has 0 spiro atoms. The molecular formula is C45H87NO4. The summed E-state index contributed by atoms with van der Waals surface area (Å²) in [5.41, 5.74) is 0. The Labute approximate surface area is 312 Å². The first-order chi connectivity index (χ1) is 24.6. The first-order valence-electron chi connectivity index (χ1n) is 22.3. The van der Waals surface area contributed by atoms with Gasteiger partial charge < -0.3 is 14.4 Å². The van der Waals surface area contributed by atoms with E-state index in [1.807, 2.05) is 6.08 Å². The lowest BCUT2D eigenvalue weighted by atomic mass is 10.0. The first kappa shape index (κ1) is 48.6. The largest absolute Gasteiger partial charge is 0.462 e. The zero-order valence-electron chi connectivity index (χ0n) is 34.3. The zero-order chi connectivity index (χ0) is 36.6. The van der Waals surface area contributed by atoms with Gasteiger partial charge in [0.15, 0.2) is 0 Å². The summed E-state index contributed by atoms with van der Waals surface area (Å²) in [7, 11) is 0. The molecule has 0 aliphatic carbocycles. The third-order valence-electron chi connectivity index (χ3n) is 10.0. The molecule has 0 amide bonds. The van der Waals surface area contributed by atoms with E-state index in [9.17, 15) is 9.59 Å². The summed E-state index contributed by atoms with van der Waals surface area (Å²) in [6.07, 6.45) is 42.0. The second-order valence-corrected chi connectivity index (χ2v) is 15.1. The summed E-state index contributed by atoms with van der Waals surface area (Å²) in [6.45, 7) is 13.0. The van der Waals surface area contributed by atoms with Crippen LogP contribution in [0.4, 0.5) is 0 Å². The van der Waals surface area contributed by atoms with E-state index in [2.05, 4.69) is 38.7 Å². The second kappa shape index (κ2) is 40.4. The Morgan fingerprint density at radius 3 is 1.42 bits per heavy atom. The maximum absolute atomic E-state index is 12.7. The molecule has 0 aliphatic rings. The van der Waals surface area contributed by atoms with Crippen LogP contribution >= 0.6 is 0 Å². The summed E-state index contributed by atoms with van der Waals surface area (Å²) < 4.78 is 11.4. The molecule has 0 unspecified atom stereocenters. The summed E-state index contributed by atoms with van der Waals surface area (Å²) in [5, 5.41) is 0. The van der Waals surface area contributed by atoms with Gasteiger partial charge in [-0.1, -0.05) is 162 Å². The minimum Gasteiger partial charge on any atom is -0.462 e. The normalized spacial score (nSPS) is 11.7. The molecule has 0 atom stereocenters. The van der Waals surface area contributed by atoms with Crippen molar-refractivity contribution in [1.29, 1.82) is 0 Å². The summed E-state index contributed by atoms with van der Waals surface area (Å²) in [4.78, 5) is 27.3. The van der Waals surface area contributed by atoms with Crippen LogP contribution in [0.2, 0.25) is 0 Å². The predicted octanol–water partition coefficient (Wildman–Crippen LogP) is 13.9. The summed E-state index contributed by atoms with van der Waals surface area (Å²) >= 11 is 0. The van der Waals surface area contributed by atoms with Gasteiger partial charge in [0.25, 0.3) is 0 Å². The van der Waals surface area contributed by atoms with Crippen LogP contribution in [0.15, 0.2) is 12.2 Å². The Balaban J connectivity index is 3.97. The van der Waals surface area contributed by atoms with Crippen LogP contribution in [0.3, 0.4) is 0 Å². The molecule has 0 bridgehead atoms. The molecule has 0 aromatic rings. The molecule has 0 aliphatic heterocycles. The molecule has 5 heteroatoms. The monoisotopic (exact) mass is 706 g/mol. The van der Waals surface area contributed by atoms with Gasteiger partial charge in [-0.05, 0) is 90.3 Å². The van der Waals surface area contributed by atoms with Crippen molar-refractivity contribution in [2.24, 2.45) is 0 Å². The van der Waals surface area contributed by atoms with Crippen LogP contribution in [0, 0.1) is 0 Å². The standard InChI is InChI=1S/C45H87NO4/c1-5-9-12-15-18-27-34-42-49-44(47)37-30-23-19-25-32-40-46(39-8-4)41-33-26-20-24-31-38-45(48)50-43(35-28-21-16-13-10-6-2)36-29-22-17-14-11-7-3/h27,34,43H,5-26,28-33,35-42H2,1-4H3/b34-27-. The highest BCUT2D eigenvalue weighted by Crippen LogP contribution is 2.18. The summed E-state index contributed by atoms with van der Waals surface area (Å²) in [5.74, 6) is -0.0156. The number of carbonyl (C=O) groups excluding carboxylic acids is 2. The second-order valence-electron chi connectivity index (χ2n) is 15.1. The van der Waals surface area contributed by atoms with Crippen molar-refractivity contribution >= 4 is 11.9 Å². The van der Waals surface area contributed by atoms with Crippen molar-refractivity contribution in [3.63, 3.8) is 0 Å². The molecule has 0 N–H and O–H groups in total. The lowest BCUT2D eigenvalue weighted by molar-refractivity contribution is -0.150. The minimum absolute atomic E-state index is 0.0391. The van der Waals surface area contributed by atoms with Crippen molar-refractivity contribution in [3.8, 4) is 0 Å². The number of nitrogens with zero attached hydrogens (tertiary/aromatic N) is 1. The topological polar surface area (TPSA) is 55.8 Å².